The average molecular weight is 296 g/mol. The summed E-state index contributed by atoms with van der Waals surface area (Å²) in [6, 6.07) is 5.58. The second-order valence-electron chi connectivity index (χ2n) is 6.19. The first kappa shape index (κ1) is 15.5. The lowest BCUT2D eigenvalue weighted by molar-refractivity contribution is 0.183. The van der Waals surface area contributed by atoms with Crippen LogP contribution in [0.5, 0.6) is 0 Å². The van der Waals surface area contributed by atoms with Gasteiger partial charge in [-0.2, -0.15) is 4.31 Å². The Labute approximate surface area is 122 Å². The molecule has 5 heteroatoms. The van der Waals surface area contributed by atoms with Gasteiger partial charge in [-0.3, -0.25) is 0 Å². The van der Waals surface area contributed by atoms with Crippen LogP contribution in [-0.2, 0) is 10.0 Å². The van der Waals surface area contributed by atoms with E-state index >= 15 is 0 Å². The molecular formula is C15H24N2O2S. The van der Waals surface area contributed by atoms with Crippen molar-refractivity contribution in [2.24, 2.45) is 11.1 Å². The largest absolute Gasteiger partial charge is 0.330 e. The van der Waals surface area contributed by atoms with E-state index in [9.17, 15) is 8.42 Å². The van der Waals surface area contributed by atoms with Crippen molar-refractivity contribution < 1.29 is 8.42 Å². The maximum absolute atomic E-state index is 12.8. The number of nitrogens with two attached hydrogens (primary N) is 1. The summed E-state index contributed by atoms with van der Waals surface area (Å²) in [5, 5.41) is 0. The summed E-state index contributed by atoms with van der Waals surface area (Å²) in [5.41, 5.74) is 7.63. The van der Waals surface area contributed by atoms with Gasteiger partial charge in [0, 0.05) is 13.1 Å². The van der Waals surface area contributed by atoms with Crippen LogP contribution in [0.2, 0.25) is 0 Å². The number of sulfonamides is 1. The molecule has 0 unspecified atom stereocenters. The zero-order valence-electron chi connectivity index (χ0n) is 12.5. The van der Waals surface area contributed by atoms with Crippen molar-refractivity contribution in [2.45, 2.75) is 38.5 Å². The highest BCUT2D eigenvalue weighted by Crippen LogP contribution is 2.32. The normalized spacial score (nSPS) is 20.0. The van der Waals surface area contributed by atoms with Gasteiger partial charge in [0.2, 0.25) is 10.0 Å². The van der Waals surface area contributed by atoms with E-state index in [0.717, 1.165) is 24.0 Å². The number of aryl methyl sites for hydroxylation is 2. The lowest BCUT2D eigenvalue weighted by Gasteiger charge is -2.38. The van der Waals surface area contributed by atoms with E-state index in [-0.39, 0.29) is 5.41 Å². The molecule has 1 aromatic rings. The van der Waals surface area contributed by atoms with Crippen molar-refractivity contribution in [3.8, 4) is 0 Å². The van der Waals surface area contributed by atoms with E-state index in [4.69, 9.17) is 5.73 Å². The molecule has 0 saturated carbocycles. The summed E-state index contributed by atoms with van der Waals surface area (Å²) in [6.07, 6.45) is 1.65. The van der Waals surface area contributed by atoms with Gasteiger partial charge in [-0.15, -0.1) is 0 Å². The van der Waals surface area contributed by atoms with E-state index < -0.39 is 10.0 Å². The molecule has 0 amide bonds. The molecule has 1 aliphatic rings. The van der Waals surface area contributed by atoms with E-state index in [0.29, 0.717) is 24.5 Å². The summed E-state index contributed by atoms with van der Waals surface area (Å²) in [7, 11) is -3.38. The van der Waals surface area contributed by atoms with Crippen molar-refractivity contribution in [3.63, 3.8) is 0 Å². The first-order valence-corrected chi connectivity index (χ1v) is 8.50. The van der Waals surface area contributed by atoms with Gasteiger partial charge in [-0.25, -0.2) is 8.42 Å². The van der Waals surface area contributed by atoms with Crippen LogP contribution in [0.4, 0.5) is 0 Å². The Morgan fingerprint density at radius 3 is 2.40 bits per heavy atom. The van der Waals surface area contributed by atoms with Crippen LogP contribution in [0.3, 0.4) is 0 Å². The Bertz CT molecular complexity index is 588. The highest BCUT2D eigenvalue weighted by atomic mass is 32.2. The Balaban J connectivity index is 2.26. The number of hydrogen-bond acceptors (Lipinski definition) is 3. The van der Waals surface area contributed by atoms with Crippen molar-refractivity contribution >= 4 is 10.0 Å². The van der Waals surface area contributed by atoms with E-state index in [2.05, 4.69) is 6.92 Å². The van der Waals surface area contributed by atoms with Gasteiger partial charge in [0.1, 0.15) is 0 Å². The van der Waals surface area contributed by atoms with Crippen LogP contribution >= 0.6 is 0 Å². The minimum atomic E-state index is -3.38. The van der Waals surface area contributed by atoms with Crippen LogP contribution in [0.15, 0.2) is 23.1 Å². The molecule has 4 nitrogen and oxygen atoms in total. The van der Waals surface area contributed by atoms with Crippen LogP contribution in [-0.4, -0.2) is 32.4 Å². The predicted octanol–water partition coefficient (Wildman–Crippen LogP) is 2.05. The lowest BCUT2D eigenvalue weighted by atomic mass is 9.81. The molecule has 1 aliphatic heterocycles. The van der Waals surface area contributed by atoms with Gasteiger partial charge in [0.25, 0.3) is 0 Å². The number of benzene rings is 1. The highest BCUT2D eigenvalue weighted by molar-refractivity contribution is 7.89. The Hall–Kier alpha value is -0.910. The van der Waals surface area contributed by atoms with E-state index in [1.165, 1.54) is 0 Å². The number of hydrogen-bond donors (Lipinski definition) is 1. The van der Waals surface area contributed by atoms with Crippen molar-refractivity contribution in [2.75, 3.05) is 19.6 Å². The summed E-state index contributed by atoms with van der Waals surface area (Å²) in [4.78, 5) is 0.439. The molecule has 2 rings (SSSR count). The summed E-state index contributed by atoms with van der Waals surface area (Å²) < 4.78 is 27.1. The molecular weight excluding hydrogens is 272 g/mol. The molecule has 112 valence electrons. The van der Waals surface area contributed by atoms with Gasteiger partial charge < -0.3 is 5.73 Å². The molecule has 1 heterocycles. The van der Waals surface area contributed by atoms with Crippen molar-refractivity contribution in [1.82, 2.24) is 4.31 Å². The molecule has 0 radical (unpaired) electrons. The predicted molar refractivity (Wildman–Crippen MR) is 81.1 cm³/mol. The summed E-state index contributed by atoms with van der Waals surface area (Å²) in [6.45, 7) is 7.63. The fourth-order valence-electron chi connectivity index (χ4n) is 2.59. The zero-order valence-corrected chi connectivity index (χ0v) is 13.3. The fraction of sp³-hybridized carbons (Fsp3) is 0.600. The smallest absolute Gasteiger partial charge is 0.243 e. The molecule has 0 aliphatic carbocycles. The molecule has 2 N–H and O–H groups in total. The molecule has 1 aromatic carbocycles. The summed E-state index contributed by atoms with van der Waals surface area (Å²) >= 11 is 0. The number of rotatable bonds is 3. The Kier molecular flexibility index (Phi) is 4.23. The monoisotopic (exact) mass is 296 g/mol. The third-order valence-electron chi connectivity index (χ3n) is 4.38. The van der Waals surface area contributed by atoms with Crippen molar-refractivity contribution in [3.05, 3.63) is 29.3 Å². The van der Waals surface area contributed by atoms with Gasteiger partial charge in [-0.1, -0.05) is 19.1 Å². The topological polar surface area (TPSA) is 63.4 Å². The highest BCUT2D eigenvalue weighted by Gasteiger charge is 2.35. The Morgan fingerprint density at radius 2 is 1.85 bits per heavy atom. The minimum Gasteiger partial charge on any atom is -0.330 e. The number of piperidine rings is 1. The lowest BCUT2D eigenvalue weighted by Crippen LogP contribution is -2.44. The van der Waals surface area contributed by atoms with Gasteiger partial charge in [0.15, 0.2) is 0 Å². The summed E-state index contributed by atoms with van der Waals surface area (Å²) in [5.74, 6) is 0. The standard InChI is InChI=1S/C15H24N2O2S/c1-12-4-5-13(2)14(10-12)20(18,19)17-8-6-15(3,11-16)7-9-17/h4-5,10H,6-9,11,16H2,1-3H3. The first-order chi connectivity index (χ1) is 9.28. The second-order valence-corrected chi connectivity index (χ2v) is 8.09. The average Bonchev–Trinajstić information content (AvgIpc) is 2.42. The van der Waals surface area contributed by atoms with Crippen LogP contribution in [0, 0.1) is 19.3 Å². The van der Waals surface area contributed by atoms with Gasteiger partial charge in [0.05, 0.1) is 4.90 Å². The third-order valence-corrected chi connectivity index (χ3v) is 6.42. The Morgan fingerprint density at radius 1 is 1.25 bits per heavy atom. The van der Waals surface area contributed by atoms with Crippen LogP contribution in [0.1, 0.15) is 30.9 Å². The SMILES string of the molecule is Cc1ccc(C)c(S(=O)(=O)N2CCC(C)(CN)CC2)c1. The molecule has 20 heavy (non-hydrogen) atoms. The maximum atomic E-state index is 12.8. The van der Waals surface area contributed by atoms with E-state index in [1.807, 2.05) is 26.0 Å². The number of nitrogens with zero attached hydrogens (tertiary/aromatic N) is 1. The van der Waals surface area contributed by atoms with Gasteiger partial charge in [-0.05, 0) is 55.8 Å². The van der Waals surface area contributed by atoms with Crippen molar-refractivity contribution in [1.29, 1.82) is 0 Å². The molecule has 0 atom stereocenters. The van der Waals surface area contributed by atoms with Gasteiger partial charge >= 0.3 is 0 Å². The third kappa shape index (κ3) is 2.90. The van der Waals surface area contributed by atoms with E-state index in [1.54, 1.807) is 10.4 Å². The molecule has 1 saturated heterocycles. The van der Waals surface area contributed by atoms with Crippen LogP contribution in [0.25, 0.3) is 0 Å². The fourth-order valence-corrected chi connectivity index (χ4v) is 4.35. The maximum Gasteiger partial charge on any atom is 0.243 e. The first-order valence-electron chi connectivity index (χ1n) is 7.06. The minimum absolute atomic E-state index is 0.0771. The van der Waals surface area contributed by atoms with Crippen LogP contribution < -0.4 is 5.73 Å². The molecule has 1 fully saturated rings. The zero-order chi connectivity index (χ0) is 15.0. The molecule has 0 aromatic heterocycles. The second kappa shape index (κ2) is 5.47. The quantitative estimate of drug-likeness (QED) is 0.928. The molecule has 0 spiro atoms. The molecule has 0 bridgehead atoms.